The molecule has 6 heteroatoms. The van der Waals surface area contributed by atoms with E-state index in [0.717, 1.165) is 0 Å². The second kappa shape index (κ2) is 2.49. The zero-order chi connectivity index (χ0) is 8.55. The summed E-state index contributed by atoms with van der Waals surface area (Å²) in [5.74, 6) is 0. The van der Waals surface area contributed by atoms with Crippen molar-refractivity contribution in [2.24, 2.45) is 0 Å². The van der Waals surface area contributed by atoms with Crippen LogP contribution in [0.1, 0.15) is 0 Å². The number of rotatable bonds is 0. The maximum atomic E-state index is 11.2. The van der Waals surface area contributed by atoms with E-state index in [0.29, 0.717) is 5.65 Å². The number of H-pyrrole nitrogens is 2. The first-order chi connectivity index (χ1) is 5.77. The Hall–Kier alpha value is -1.56. The summed E-state index contributed by atoms with van der Waals surface area (Å²) < 4.78 is 0.257. The molecule has 2 N–H and O–H groups in total. The van der Waals surface area contributed by atoms with Gasteiger partial charge < -0.3 is 4.98 Å². The summed E-state index contributed by atoms with van der Waals surface area (Å²) in [6.45, 7) is 0. The van der Waals surface area contributed by atoms with Gasteiger partial charge in [-0.2, -0.15) is 0 Å². The normalized spacial score (nSPS) is 10.3. The van der Waals surface area contributed by atoms with Gasteiger partial charge in [0.15, 0.2) is 15.9 Å². The molecule has 0 saturated carbocycles. The van der Waals surface area contributed by atoms with Crippen LogP contribution in [0.4, 0.5) is 0 Å². The van der Waals surface area contributed by atoms with Crippen molar-refractivity contribution in [3.8, 4) is 0 Å². The van der Waals surface area contributed by atoms with Crippen molar-refractivity contribution in [2.45, 2.75) is 0 Å². The third-order valence-electron chi connectivity index (χ3n) is 1.37. The molecule has 2 rings (SSSR count). The highest BCUT2D eigenvalue weighted by Gasteiger charge is 1.98. The number of aromatic amines is 2. The van der Waals surface area contributed by atoms with Gasteiger partial charge in [-0.1, -0.05) is 0 Å². The van der Waals surface area contributed by atoms with Gasteiger partial charge in [0.25, 0.3) is 5.56 Å². The first-order valence-electron chi connectivity index (χ1n) is 3.21. The molecule has 5 nitrogen and oxygen atoms in total. The Morgan fingerprint density at radius 2 is 2.00 bits per heavy atom. The van der Waals surface area contributed by atoms with E-state index in [1.54, 1.807) is 0 Å². The zero-order valence-electron chi connectivity index (χ0n) is 5.87. The van der Waals surface area contributed by atoms with Crippen LogP contribution in [-0.2, 0) is 0 Å². The number of nitrogens with one attached hydrogen (secondary N) is 2. The van der Waals surface area contributed by atoms with Crippen LogP contribution in [0.25, 0.3) is 11.2 Å². The molecule has 0 saturated heterocycles. The fourth-order valence-corrected chi connectivity index (χ4v) is 1.09. The lowest BCUT2D eigenvalue weighted by Gasteiger charge is -1.92. The lowest BCUT2D eigenvalue weighted by molar-refractivity contribution is 1.09. The van der Waals surface area contributed by atoms with Gasteiger partial charge >= 0.3 is 0 Å². The van der Waals surface area contributed by atoms with Crippen molar-refractivity contribution in [3.05, 3.63) is 27.5 Å². The summed E-state index contributed by atoms with van der Waals surface area (Å²) in [7, 11) is 0. The molecular weight excluding hydrogens is 176 g/mol. The largest absolute Gasteiger partial charge is 0.315 e. The van der Waals surface area contributed by atoms with E-state index in [9.17, 15) is 4.79 Å². The maximum Gasteiger partial charge on any atom is 0.279 e. The molecule has 0 fully saturated rings. The fraction of sp³-hybridized carbons (Fsp3) is 0. The second-order valence-electron chi connectivity index (χ2n) is 2.16. The van der Waals surface area contributed by atoms with Crippen LogP contribution in [-0.4, -0.2) is 19.9 Å². The van der Waals surface area contributed by atoms with Crippen LogP contribution < -0.4 is 5.56 Å². The number of fused-ring (bicyclic) bond motifs is 1. The Bertz CT molecular complexity index is 529. The highest BCUT2D eigenvalue weighted by Crippen LogP contribution is 1.94. The number of nitrogens with zero attached hydrogens (tertiary/aromatic N) is 2. The molecule has 0 bridgehead atoms. The summed E-state index contributed by atoms with van der Waals surface area (Å²) in [5.41, 5.74) is 0.360. The standard InChI is InChI=1S/C6H4N4OS/c11-5-3-4(8-2-1-7-3)9-6(12)10-5/h1-2H,(H2,8,9,10,11,12). The molecule has 0 aliphatic rings. The highest BCUT2D eigenvalue weighted by atomic mass is 32.1. The van der Waals surface area contributed by atoms with Crippen molar-refractivity contribution in [2.75, 3.05) is 0 Å². The van der Waals surface area contributed by atoms with Gasteiger partial charge in [-0.05, 0) is 12.2 Å². The summed E-state index contributed by atoms with van der Waals surface area (Å²) in [6.07, 6.45) is 2.95. The van der Waals surface area contributed by atoms with Crippen molar-refractivity contribution in [1.29, 1.82) is 0 Å². The average molecular weight is 180 g/mol. The lowest BCUT2D eigenvalue weighted by Crippen LogP contribution is -2.09. The van der Waals surface area contributed by atoms with E-state index in [-0.39, 0.29) is 15.8 Å². The van der Waals surface area contributed by atoms with E-state index < -0.39 is 0 Å². The molecule has 12 heavy (non-hydrogen) atoms. The number of hydrogen-bond acceptors (Lipinski definition) is 4. The van der Waals surface area contributed by atoms with Crippen LogP contribution in [0.3, 0.4) is 0 Å². The van der Waals surface area contributed by atoms with E-state index in [4.69, 9.17) is 12.2 Å². The molecule has 0 unspecified atom stereocenters. The summed E-state index contributed by atoms with van der Waals surface area (Å²) in [5, 5.41) is 0. The SMILES string of the molecule is O=c1[nH]c(=S)[nH]c2nccnc12. The predicted octanol–water partition coefficient (Wildman–Crippen LogP) is 0.376. The minimum Gasteiger partial charge on any atom is -0.315 e. The van der Waals surface area contributed by atoms with E-state index in [2.05, 4.69) is 19.9 Å². The quantitative estimate of drug-likeness (QED) is 0.574. The highest BCUT2D eigenvalue weighted by molar-refractivity contribution is 7.71. The maximum absolute atomic E-state index is 11.2. The van der Waals surface area contributed by atoms with Gasteiger partial charge in [0.05, 0.1) is 0 Å². The van der Waals surface area contributed by atoms with Crippen LogP contribution in [0.2, 0.25) is 0 Å². The van der Waals surface area contributed by atoms with Crippen LogP contribution in [0, 0.1) is 4.77 Å². The number of hydrogen-bond donors (Lipinski definition) is 2. The topological polar surface area (TPSA) is 74.4 Å². The molecule has 0 radical (unpaired) electrons. The Morgan fingerprint density at radius 3 is 2.83 bits per heavy atom. The van der Waals surface area contributed by atoms with Gasteiger partial charge in [-0.25, -0.2) is 9.97 Å². The van der Waals surface area contributed by atoms with Gasteiger partial charge in [-0.3, -0.25) is 9.78 Å². The Balaban J connectivity index is 3.09. The zero-order valence-corrected chi connectivity index (χ0v) is 6.68. The molecule has 0 spiro atoms. The molecule has 0 aliphatic carbocycles. The Morgan fingerprint density at radius 1 is 1.25 bits per heavy atom. The van der Waals surface area contributed by atoms with Crippen molar-refractivity contribution >= 4 is 23.4 Å². The Kier molecular flexibility index (Phi) is 1.47. The summed E-state index contributed by atoms with van der Waals surface area (Å²) in [6, 6.07) is 0. The summed E-state index contributed by atoms with van der Waals surface area (Å²) in [4.78, 5) is 24.0. The molecule has 60 valence electrons. The Labute approximate surface area is 71.5 Å². The van der Waals surface area contributed by atoms with Gasteiger partial charge in [0, 0.05) is 12.4 Å². The second-order valence-corrected chi connectivity index (χ2v) is 2.57. The third-order valence-corrected chi connectivity index (χ3v) is 1.58. The minimum atomic E-state index is -0.318. The molecular formula is C6H4N4OS. The molecule has 2 aromatic heterocycles. The molecule has 2 aromatic rings. The first-order valence-corrected chi connectivity index (χ1v) is 3.61. The summed E-state index contributed by atoms with van der Waals surface area (Å²) >= 11 is 4.75. The average Bonchev–Trinajstić information content (AvgIpc) is 2.04. The molecule has 0 amide bonds. The van der Waals surface area contributed by atoms with Gasteiger partial charge in [-0.15, -0.1) is 0 Å². The van der Waals surface area contributed by atoms with Crippen LogP contribution >= 0.6 is 12.2 Å². The molecule has 0 atom stereocenters. The monoisotopic (exact) mass is 180 g/mol. The lowest BCUT2D eigenvalue weighted by atomic mass is 10.5. The predicted molar refractivity (Wildman–Crippen MR) is 45.3 cm³/mol. The van der Waals surface area contributed by atoms with Gasteiger partial charge in [0.1, 0.15) is 0 Å². The molecule has 0 aromatic carbocycles. The van der Waals surface area contributed by atoms with Crippen LogP contribution in [0.15, 0.2) is 17.2 Å². The minimum absolute atomic E-state index is 0.257. The smallest absolute Gasteiger partial charge is 0.279 e. The van der Waals surface area contributed by atoms with Crippen molar-refractivity contribution in [1.82, 2.24) is 19.9 Å². The van der Waals surface area contributed by atoms with E-state index >= 15 is 0 Å². The van der Waals surface area contributed by atoms with E-state index in [1.807, 2.05) is 0 Å². The molecule has 2 heterocycles. The van der Waals surface area contributed by atoms with Crippen molar-refractivity contribution in [3.63, 3.8) is 0 Å². The fourth-order valence-electron chi connectivity index (χ4n) is 0.897. The third kappa shape index (κ3) is 1.02. The van der Waals surface area contributed by atoms with Crippen molar-refractivity contribution < 1.29 is 0 Å². The first kappa shape index (κ1) is 7.11. The van der Waals surface area contributed by atoms with Gasteiger partial charge in [0.2, 0.25) is 0 Å². The number of aromatic nitrogens is 4. The molecule has 0 aliphatic heterocycles. The van der Waals surface area contributed by atoms with E-state index in [1.165, 1.54) is 12.4 Å². The van der Waals surface area contributed by atoms with Crippen LogP contribution in [0.5, 0.6) is 0 Å².